The van der Waals surface area contributed by atoms with Crippen molar-refractivity contribution in [2.75, 3.05) is 13.1 Å². The fraction of sp³-hybridized carbons (Fsp3) is 0.750. The zero-order valence-corrected chi connectivity index (χ0v) is 8.82. The maximum atomic E-state index is 11.5. The van der Waals surface area contributed by atoms with Crippen LogP contribution < -0.4 is 11.1 Å². The zero-order valence-electron chi connectivity index (χ0n) is 8.82. The molecule has 0 bridgehead atoms. The summed E-state index contributed by atoms with van der Waals surface area (Å²) < 4.78 is 0. The molecule has 0 aliphatic carbocycles. The molecule has 6 heteroatoms. The van der Waals surface area contributed by atoms with Crippen LogP contribution in [0.5, 0.6) is 0 Å². The van der Waals surface area contributed by atoms with Gasteiger partial charge in [0.15, 0.2) is 5.84 Å². The molecular formula is C8H18N4O2. The van der Waals surface area contributed by atoms with E-state index in [0.717, 1.165) is 0 Å². The van der Waals surface area contributed by atoms with Gasteiger partial charge in [-0.1, -0.05) is 5.16 Å². The van der Waals surface area contributed by atoms with E-state index in [1.165, 1.54) is 4.90 Å². The number of carbonyl (C=O) groups excluding carboxylic acids is 1. The molecule has 0 fully saturated rings. The summed E-state index contributed by atoms with van der Waals surface area (Å²) in [7, 11) is 0. The third-order valence-corrected chi connectivity index (χ3v) is 1.67. The summed E-state index contributed by atoms with van der Waals surface area (Å²) in [5.41, 5.74) is 5.32. The highest BCUT2D eigenvalue weighted by Crippen LogP contribution is 1.98. The van der Waals surface area contributed by atoms with Crippen molar-refractivity contribution in [2.45, 2.75) is 26.8 Å². The number of nitrogens with one attached hydrogen (secondary N) is 1. The fourth-order valence-electron chi connectivity index (χ4n) is 0.948. The van der Waals surface area contributed by atoms with Crippen LogP contribution in [-0.2, 0) is 0 Å². The molecule has 0 aromatic carbocycles. The molecule has 0 saturated carbocycles. The largest absolute Gasteiger partial charge is 0.409 e. The van der Waals surface area contributed by atoms with Crippen molar-refractivity contribution < 1.29 is 10.0 Å². The van der Waals surface area contributed by atoms with E-state index >= 15 is 0 Å². The van der Waals surface area contributed by atoms with E-state index in [2.05, 4.69) is 10.5 Å². The van der Waals surface area contributed by atoms with Gasteiger partial charge in [0.1, 0.15) is 0 Å². The average molecular weight is 202 g/mol. The molecular weight excluding hydrogens is 184 g/mol. The first-order valence-electron chi connectivity index (χ1n) is 4.53. The first-order chi connectivity index (χ1) is 6.52. The second-order valence-corrected chi connectivity index (χ2v) is 3.15. The van der Waals surface area contributed by atoms with Crippen LogP contribution in [0.15, 0.2) is 5.16 Å². The van der Waals surface area contributed by atoms with Crippen LogP contribution >= 0.6 is 0 Å². The quantitative estimate of drug-likeness (QED) is 0.263. The van der Waals surface area contributed by atoms with Gasteiger partial charge < -0.3 is 21.2 Å². The van der Waals surface area contributed by atoms with Gasteiger partial charge in [0.2, 0.25) is 0 Å². The Morgan fingerprint density at radius 1 is 1.64 bits per heavy atom. The van der Waals surface area contributed by atoms with Crippen molar-refractivity contribution >= 4 is 11.9 Å². The number of amides is 2. The lowest BCUT2D eigenvalue weighted by molar-refractivity contribution is 0.192. The van der Waals surface area contributed by atoms with Crippen LogP contribution in [0.2, 0.25) is 0 Å². The maximum absolute atomic E-state index is 11.5. The lowest BCUT2D eigenvalue weighted by Gasteiger charge is -2.25. The van der Waals surface area contributed by atoms with E-state index in [1.54, 1.807) is 0 Å². The van der Waals surface area contributed by atoms with Crippen LogP contribution in [0.3, 0.4) is 0 Å². The Hall–Kier alpha value is -1.46. The molecule has 0 heterocycles. The lowest BCUT2D eigenvalue weighted by Crippen LogP contribution is -2.47. The van der Waals surface area contributed by atoms with E-state index in [-0.39, 0.29) is 24.5 Å². The molecule has 6 nitrogen and oxygen atoms in total. The van der Waals surface area contributed by atoms with E-state index in [9.17, 15) is 4.79 Å². The minimum absolute atomic E-state index is 0.00171. The van der Waals surface area contributed by atoms with Gasteiger partial charge in [-0.05, 0) is 20.8 Å². The van der Waals surface area contributed by atoms with Crippen molar-refractivity contribution in [2.24, 2.45) is 10.9 Å². The number of nitrogens with two attached hydrogens (primary N) is 1. The highest BCUT2D eigenvalue weighted by atomic mass is 16.4. The molecule has 0 aliphatic heterocycles. The fourth-order valence-corrected chi connectivity index (χ4v) is 0.948. The molecule has 0 unspecified atom stereocenters. The molecule has 14 heavy (non-hydrogen) atoms. The molecule has 0 atom stereocenters. The number of oxime groups is 1. The number of urea groups is 1. The standard InChI is InChI=1S/C8H18N4O2/c1-4-10-8(13)12(6(2)3)5-7(9)11-14/h6,14H,4-5H2,1-3H3,(H2,9,11)(H,10,13). The summed E-state index contributed by atoms with van der Waals surface area (Å²) in [5, 5.41) is 13.9. The average Bonchev–Trinajstić information content (AvgIpc) is 2.13. The summed E-state index contributed by atoms with van der Waals surface area (Å²) in [6, 6.07) is -0.212. The highest BCUT2D eigenvalue weighted by Gasteiger charge is 2.17. The van der Waals surface area contributed by atoms with Crippen LogP contribution in [0.1, 0.15) is 20.8 Å². The number of carbonyl (C=O) groups is 1. The van der Waals surface area contributed by atoms with E-state index in [0.29, 0.717) is 6.54 Å². The smallest absolute Gasteiger partial charge is 0.318 e. The van der Waals surface area contributed by atoms with Gasteiger partial charge in [0.05, 0.1) is 6.54 Å². The zero-order chi connectivity index (χ0) is 11.1. The lowest BCUT2D eigenvalue weighted by atomic mass is 10.3. The number of amidine groups is 1. The monoisotopic (exact) mass is 202 g/mol. The van der Waals surface area contributed by atoms with Gasteiger partial charge in [-0.15, -0.1) is 0 Å². The van der Waals surface area contributed by atoms with Crippen molar-refractivity contribution in [3.63, 3.8) is 0 Å². The SMILES string of the molecule is CCNC(=O)N(CC(N)=NO)C(C)C. The summed E-state index contributed by atoms with van der Waals surface area (Å²) in [6.45, 7) is 6.23. The van der Waals surface area contributed by atoms with E-state index in [1.807, 2.05) is 20.8 Å². The molecule has 2 amide bonds. The minimum Gasteiger partial charge on any atom is -0.409 e. The highest BCUT2D eigenvalue weighted by molar-refractivity contribution is 5.86. The Morgan fingerprint density at radius 3 is 2.57 bits per heavy atom. The second kappa shape index (κ2) is 6.06. The van der Waals surface area contributed by atoms with Gasteiger partial charge in [0.25, 0.3) is 0 Å². The Balaban J connectivity index is 4.36. The van der Waals surface area contributed by atoms with Crippen LogP contribution in [0.4, 0.5) is 4.79 Å². The van der Waals surface area contributed by atoms with Crippen LogP contribution in [-0.4, -0.2) is 41.1 Å². The Kier molecular flexibility index (Phi) is 5.43. The van der Waals surface area contributed by atoms with Gasteiger partial charge in [-0.25, -0.2) is 4.79 Å². The molecule has 0 spiro atoms. The van der Waals surface area contributed by atoms with Crippen LogP contribution in [0, 0.1) is 0 Å². The number of hydrogen-bond acceptors (Lipinski definition) is 3. The second-order valence-electron chi connectivity index (χ2n) is 3.15. The first kappa shape index (κ1) is 12.5. The Bertz CT molecular complexity index is 215. The topological polar surface area (TPSA) is 91.0 Å². The van der Waals surface area contributed by atoms with Gasteiger partial charge in [-0.3, -0.25) is 0 Å². The van der Waals surface area contributed by atoms with Gasteiger partial charge >= 0.3 is 6.03 Å². The molecule has 0 saturated heterocycles. The molecule has 0 aromatic rings. The molecule has 4 N–H and O–H groups in total. The summed E-state index contributed by atoms with van der Waals surface area (Å²) >= 11 is 0. The third kappa shape index (κ3) is 3.97. The molecule has 0 rings (SSSR count). The summed E-state index contributed by atoms with van der Waals surface area (Å²) in [6.07, 6.45) is 0. The van der Waals surface area contributed by atoms with Crippen molar-refractivity contribution in [1.29, 1.82) is 0 Å². The number of hydrogen-bond donors (Lipinski definition) is 3. The summed E-state index contributed by atoms with van der Waals surface area (Å²) in [4.78, 5) is 12.9. The predicted molar refractivity (Wildman–Crippen MR) is 54.3 cm³/mol. The van der Waals surface area contributed by atoms with Crippen molar-refractivity contribution in [3.8, 4) is 0 Å². The summed E-state index contributed by atoms with van der Waals surface area (Å²) in [5.74, 6) is 0.0185. The Labute approximate surface area is 83.7 Å². The molecule has 0 aromatic heterocycles. The first-order valence-corrected chi connectivity index (χ1v) is 4.53. The van der Waals surface area contributed by atoms with Crippen molar-refractivity contribution in [1.82, 2.24) is 10.2 Å². The predicted octanol–water partition coefficient (Wildman–Crippen LogP) is 0.173. The molecule has 82 valence electrons. The Morgan fingerprint density at radius 2 is 2.21 bits per heavy atom. The molecule has 0 aliphatic rings. The van der Waals surface area contributed by atoms with E-state index < -0.39 is 0 Å². The van der Waals surface area contributed by atoms with Gasteiger partial charge in [-0.2, -0.15) is 0 Å². The number of nitrogens with zero attached hydrogens (tertiary/aromatic N) is 2. The van der Waals surface area contributed by atoms with Crippen molar-refractivity contribution in [3.05, 3.63) is 0 Å². The number of rotatable bonds is 4. The third-order valence-electron chi connectivity index (χ3n) is 1.67. The normalized spacial score (nSPS) is 11.6. The maximum Gasteiger partial charge on any atom is 0.318 e. The van der Waals surface area contributed by atoms with Crippen LogP contribution in [0.25, 0.3) is 0 Å². The minimum atomic E-state index is -0.214. The van der Waals surface area contributed by atoms with Gasteiger partial charge in [0, 0.05) is 12.6 Å². The molecule has 0 radical (unpaired) electrons. The van der Waals surface area contributed by atoms with E-state index in [4.69, 9.17) is 10.9 Å².